The third-order valence-electron chi connectivity index (χ3n) is 5.13. The summed E-state index contributed by atoms with van der Waals surface area (Å²) in [5.41, 5.74) is 3.77. The number of halogens is 1. The summed E-state index contributed by atoms with van der Waals surface area (Å²) >= 11 is 3.54. The highest BCUT2D eigenvalue weighted by Crippen LogP contribution is 2.35. The van der Waals surface area contributed by atoms with Crippen LogP contribution in [-0.2, 0) is 22.4 Å². The summed E-state index contributed by atoms with van der Waals surface area (Å²) in [6.07, 6.45) is 3.48. The van der Waals surface area contributed by atoms with Crippen LogP contribution in [0.5, 0.6) is 5.75 Å². The van der Waals surface area contributed by atoms with Crippen molar-refractivity contribution in [2.24, 2.45) is 5.92 Å². The van der Waals surface area contributed by atoms with E-state index in [1.54, 1.807) is 13.2 Å². The standard InChI is InChI=1S/C23H26BrNO4/c1-29-22-7-2-15(13-23(27)28)12-20(22)19-6-5-18(24)14-17(19)8-10-25-11-9-21(26)16-3-4-16/h2,5-7,12,14,16,25H,3-4,8-11,13H2,1H3,(H,27,28). The molecule has 0 saturated heterocycles. The highest BCUT2D eigenvalue weighted by atomic mass is 79.9. The smallest absolute Gasteiger partial charge is 0.307 e. The SMILES string of the molecule is COc1ccc(CC(=O)O)cc1-c1ccc(Br)cc1CCNCCC(=O)C1CC1. The molecule has 2 aromatic carbocycles. The zero-order chi connectivity index (χ0) is 20.8. The monoisotopic (exact) mass is 459 g/mol. The Morgan fingerprint density at radius 2 is 1.93 bits per heavy atom. The van der Waals surface area contributed by atoms with Gasteiger partial charge < -0.3 is 15.2 Å². The molecule has 0 atom stereocenters. The van der Waals surface area contributed by atoms with Crippen LogP contribution in [0.3, 0.4) is 0 Å². The lowest BCUT2D eigenvalue weighted by molar-refractivity contribution is -0.136. The Kier molecular flexibility index (Phi) is 7.45. The molecule has 0 aliphatic heterocycles. The van der Waals surface area contributed by atoms with E-state index in [-0.39, 0.29) is 6.42 Å². The van der Waals surface area contributed by atoms with Gasteiger partial charge in [-0.05, 0) is 66.8 Å². The lowest BCUT2D eigenvalue weighted by Gasteiger charge is -2.15. The lowest BCUT2D eigenvalue weighted by Crippen LogP contribution is -2.21. The summed E-state index contributed by atoms with van der Waals surface area (Å²) in [4.78, 5) is 22.9. The number of aliphatic carboxylic acids is 1. The number of carboxylic acids is 1. The topological polar surface area (TPSA) is 75.6 Å². The first-order valence-corrected chi connectivity index (χ1v) is 10.7. The number of Topliss-reactive ketones (excluding diaryl/α,β-unsaturated/α-hetero) is 1. The fourth-order valence-electron chi connectivity index (χ4n) is 3.45. The molecule has 1 saturated carbocycles. The average Bonchev–Trinajstić information content (AvgIpc) is 3.52. The maximum atomic E-state index is 11.8. The van der Waals surface area contributed by atoms with Crippen LogP contribution in [0.1, 0.15) is 30.4 Å². The largest absolute Gasteiger partial charge is 0.496 e. The van der Waals surface area contributed by atoms with Gasteiger partial charge in [0.05, 0.1) is 13.5 Å². The van der Waals surface area contributed by atoms with Crippen LogP contribution in [0, 0.1) is 5.92 Å². The predicted octanol–water partition coefficient (Wildman–Crippen LogP) is 4.25. The van der Waals surface area contributed by atoms with Crippen molar-refractivity contribution >= 4 is 27.7 Å². The van der Waals surface area contributed by atoms with Gasteiger partial charge in [0.2, 0.25) is 0 Å². The Hall–Kier alpha value is -2.18. The van der Waals surface area contributed by atoms with Crippen LogP contribution in [0.2, 0.25) is 0 Å². The van der Waals surface area contributed by atoms with E-state index in [2.05, 4.69) is 27.3 Å². The Labute approximate surface area is 179 Å². The molecule has 1 aliphatic rings. The van der Waals surface area contributed by atoms with Crippen molar-refractivity contribution in [1.82, 2.24) is 5.32 Å². The molecule has 154 valence electrons. The lowest BCUT2D eigenvalue weighted by atomic mass is 9.95. The molecule has 3 rings (SSSR count). The zero-order valence-corrected chi connectivity index (χ0v) is 18.1. The van der Waals surface area contributed by atoms with Crippen molar-refractivity contribution < 1.29 is 19.4 Å². The average molecular weight is 460 g/mol. The van der Waals surface area contributed by atoms with Gasteiger partial charge in [-0.15, -0.1) is 0 Å². The van der Waals surface area contributed by atoms with Crippen molar-refractivity contribution in [2.75, 3.05) is 20.2 Å². The van der Waals surface area contributed by atoms with Gasteiger partial charge in [0.1, 0.15) is 11.5 Å². The van der Waals surface area contributed by atoms with Gasteiger partial charge >= 0.3 is 5.97 Å². The molecule has 0 spiro atoms. The van der Waals surface area contributed by atoms with E-state index in [0.29, 0.717) is 30.4 Å². The van der Waals surface area contributed by atoms with Gasteiger partial charge in [0.25, 0.3) is 0 Å². The predicted molar refractivity (Wildman–Crippen MR) is 116 cm³/mol. The molecule has 0 bridgehead atoms. The van der Waals surface area contributed by atoms with Crippen LogP contribution in [0.4, 0.5) is 0 Å². The maximum absolute atomic E-state index is 11.8. The summed E-state index contributed by atoms with van der Waals surface area (Å²) in [5, 5.41) is 12.5. The number of hydrogen-bond acceptors (Lipinski definition) is 4. The first kappa shape index (κ1) is 21.5. The fourth-order valence-corrected chi connectivity index (χ4v) is 3.86. The highest BCUT2D eigenvalue weighted by Gasteiger charge is 2.28. The molecule has 6 heteroatoms. The Balaban J connectivity index is 1.73. The maximum Gasteiger partial charge on any atom is 0.307 e. The Morgan fingerprint density at radius 3 is 2.62 bits per heavy atom. The minimum Gasteiger partial charge on any atom is -0.496 e. The molecule has 2 aromatic rings. The number of carbonyl (C=O) groups is 2. The zero-order valence-electron chi connectivity index (χ0n) is 16.5. The van der Waals surface area contributed by atoms with Crippen molar-refractivity contribution in [3.8, 4) is 16.9 Å². The van der Waals surface area contributed by atoms with E-state index >= 15 is 0 Å². The van der Waals surface area contributed by atoms with E-state index in [4.69, 9.17) is 9.84 Å². The van der Waals surface area contributed by atoms with Crippen LogP contribution in [0.25, 0.3) is 11.1 Å². The summed E-state index contributed by atoms with van der Waals surface area (Å²) in [6.45, 7) is 1.47. The van der Waals surface area contributed by atoms with E-state index in [1.165, 1.54) is 0 Å². The number of carbonyl (C=O) groups excluding carboxylic acids is 1. The van der Waals surface area contributed by atoms with E-state index in [1.807, 2.05) is 24.3 Å². The molecule has 0 radical (unpaired) electrons. The molecule has 1 aliphatic carbocycles. The van der Waals surface area contributed by atoms with Crippen LogP contribution in [-0.4, -0.2) is 37.1 Å². The van der Waals surface area contributed by atoms with Crippen molar-refractivity contribution in [1.29, 1.82) is 0 Å². The fraction of sp³-hybridized carbons (Fsp3) is 0.391. The van der Waals surface area contributed by atoms with Crippen molar-refractivity contribution in [3.05, 3.63) is 52.0 Å². The van der Waals surface area contributed by atoms with Crippen molar-refractivity contribution in [3.63, 3.8) is 0 Å². The third kappa shape index (κ3) is 6.15. The minimum absolute atomic E-state index is 0.0283. The second-order valence-corrected chi connectivity index (χ2v) is 8.31. The van der Waals surface area contributed by atoms with Gasteiger partial charge in [-0.2, -0.15) is 0 Å². The molecule has 29 heavy (non-hydrogen) atoms. The molecular formula is C23H26BrNO4. The number of nitrogens with one attached hydrogen (secondary N) is 1. The number of benzene rings is 2. The van der Waals surface area contributed by atoms with Crippen molar-refractivity contribution in [2.45, 2.75) is 32.1 Å². The molecule has 5 nitrogen and oxygen atoms in total. The van der Waals surface area contributed by atoms with E-state index in [9.17, 15) is 9.59 Å². The summed E-state index contributed by atoms with van der Waals surface area (Å²) in [6, 6.07) is 11.6. The highest BCUT2D eigenvalue weighted by molar-refractivity contribution is 9.10. The number of hydrogen-bond donors (Lipinski definition) is 2. The van der Waals surface area contributed by atoms with Gasteiger partial charge in [0.15, 0.2) is 0 Å². The first-order chi connectivity index (χ1) is 14.0. The summed E-state index contributed by atoms with van der Waals surface area (Å²) in [7, 11) is 1.62. The molecule has 0 heterocycles. The summed E-state index contributed by atoms with van der Waals surface area (Å²) in [5.74, 6) is 0.549. The Bertz CT molecular complexity index is 892. The van der Waals surface area contributed by atoms with Gasteiger partial charge in [0, 0.05) is 28.9 Å². The van der Waals surface area contributed by atoms with Crippen LogP contribution < -0.4 is 10.1 Å². The summed E-state index contributed by atoms with van der Waals surface area (Å²) < 4.78 is 6.52. The molecule has 0 aromatic heterocycles. The van der Waals surface area contributed by atoms with E-state index < -0.39 is 5.97 Å². The normalized spacial score (nSPS) is 13.3. The molecule has 1 fully saturated rings. The molecule has 0 amide bonds. The number of ketones is 1. The van der Waals surface area contributed by atoms with Crippen LogP contribution in [0.15, 0.2) is 40.9 Å². The number of ether oxygens (including phenoxy) is 1. The number of carboxylic acid groups (broad SMARTS) is 1. The van der Waals surface area contributed by atoms with Gasteiger partial charge in [-0.3, -0.25) is 9.59 Å². The molecule has 0 unspecified atom stereocenters. The molecule has 2 N–H and O–H groups in total. The number of methoxy groups -OCH3 is 1. The van der Waals surface area contributed by atoms with Crippen LogP contribution >= 0.6 is 15.9 Å². The van der Waals surface area contributed by atoms with Gasteiger partial charge in [-0.25, -0.2) is 0 Å². The second-order valence-electron chi connectivity index (χ2n) is 7.40. The number of rotatable bonds is 11. The quantitative estimate of drug-likeness (QED) is 0.491. The van der Waals surface area contributed by atoms with Gasteiger partial charge in [-0.1, -0.05) is 28.1 Å². The molecular weight excluding hydrogens is 434 g/mol. The first-order valence-electron chi connectivity index (χ1n) is 9.89. The van der Waals surface area contributed by atoms with E-state index in [0.717, 1.165) is 52.5 Å². The minimum atomic E-state index is -0.859. The Morgan fingerprint density at radius 1 is 1.14 bits per heavy atom. The second kappa shape index (κ2) is 10.0. The third-order valence-corrected chi connectivity index (χ3v) is 5.62.